The second-order valence-corrected chi connectivity index (χ2v) is 7.92. The van der Waals surface area contributed by atoms with E-state index in [-0.39, 0.29) is 25.4 Å². The lowest BCUT2D eigenvalue weighted by Crippen LogP contribution is -2.06. The summed E-state index contributed by atoms with van der Waals surface area (Å²) in [7, 11) is 6.41. The largest absolute Gasteiger partial charge is 0.493 e. The van der Waals surface area contributed by atoms with Gasteiger partial charge in [-0.15, -0.1) is 0 Å². The third-order valence-electron chi connectivity index (χ3n) is 5.04. The molecule has 0 saturated carbocycles. The highest BCUT2D eigenvalue weighted by molar-refractivity contribution is 14.1. The van der Waals surface area contributed by atoms with Crippen molar-refractivity contribution in [2.75, 3.05) is 41.7 Å². The maximum Gasteiger partial charge on any atom is 0.203 e. The Morgan fingerprint density at radius 2 is 1.33 bits per heavy atom. The van der Waals surface area contributed by atoms with Gasteiger partial charge in [0.25, 0.3) is 0 Å². The van der Waals surface area contributed by atoms with Gasteiger partial charge in [-0.1, -0.05) is 0 Å². The minimum absolute atomic E-state index is 0.0524. The summed E-state index contributed by atoms with van der Waals surface area (Å²) in [5, 5.41) is 9.04. The summed E-state index contributed by atoms with van der Waals surface area (Å²) in [6.45, 7) is 0.165. The zero-order valence-electron chi connectivity index (χ0n) is 17.6. The molecule has 1 aliphatic rings. The predicted molar refractivity (Wildman–Crippen MR) is 120 cm³/mol. The Morgan fingerprint density at radius 3 is 1.80 bits per heavy atom. The van der Waals surface area contributed by atoms with Crippen molar-refractivity contribution < 1.29 is 33.5 Å². The van der Waals surface area contributed by atoms with E-state index in [1.54, 1.807) is 28.4 Å². The molecule has 8 heteroatoms. The predicted octanol–water partition coefficient (Wildman–Crippen LogP) is 4.29. The van der Waals surface area contributed by atoms with Crippen molar-refractivity contribution >= 4 is 22.6 Å². The third-order valence-corrected chi connectivity index (χ3v) is 5.84. The average Bonchev–Trinajstić information content (AvgIpc) is 3.27. The molecule has 1 fully saturated rings. The minimum atomic E-state index is -0.0855. The van der Waals surface area contributed by atoms with Crippen LogP contribution in [0.2, 0.25) is 0 Å². The van der Waals surface area contributed by atoms with Crippen LogP contribution < -0.4 is 23.7 Å². The molecule has 7 nitrogen and oxygen atoms in total. The Bertz CT molecular complexity index is 846. The lowest BCUT2D eigenvalue weighted by atomic mass is 10.0. The molecule has 0 amide bonds. The molecule has 0 aromatic heterocycles. The molecule has 1 N–H and O–H groups in total. The molecule has 2 unspecified atom stereocenters. The second-order valence-electron chi connectivity index (χ2n) is 6.76. The van der Waals surface area contributed by atoms with Gasteiger partial charge < -0.3 is 33.5 Å². The summed E-state index contributed by atoms with van der Waals surface area (Å²) in [6.07, 6.45) is 1.59. The zero-order valence-corrected chi connectivity index (χ0v) is 19.7. The average molecular weight is 530 g/mol. The number of methoxy groups -OCH3 is 4. The van der Waals surface area contributed by atoms with Gasteiger partial charge in [-0.25, -0.2) is 0 Å². The molecule has 164 valence electrons. The van der Waals surface area contributed by atoms with Crippen LogP contribution >= 0.6 is 22.6 Å². The zero-order chi connectivity index (χ0) is 21.7. The Balaban J connectivity index is 1.84. The molecule has 1 aliphatic heterocycles. The van der Waals surface area contributed by atoms with E-state index in [4.69, 9.17) is 33.5 Å². The van der Waals surface area contributed by atoms with Crippen LogP contribution in [0.3, 0.4) is 0 Å². The smallest absolute Gasteiger partial charge is 0.203 e. The maximum atomic E-state index is 9.04. The van der Waals surface area contributed by atoms with E-state index in [1.165, 1.54) is 0 Å². The Hall–Kier alpha value is -1.91. The third kappa shape index (κ3) is 4.70. The van der Waals surface area contributed by atoms with Crippen molar-refractivity contribution in [3.63, 3.8) is 0 Å². The van der Waals surface area contributed by atoms with Crippen molar-refractivity contribution in [3.05, 3.63) is 39.0 Å². The van der Waals surface area contributed by atoms with Crippen LogP contribution in [0.15, 0.2) is 24.3 Å². The summed E-state index contributed by atoms with van der Waals surface area (Å²) < 4.78 is 34.8. The van der Waals surface area contributed by atoms with Crippen molar-refractivity contribution in [2.24, 2.45) is 0 Å². The number of benzene rings is 2. The van der Waals surface area contributed by atoms with Gasteiger partial charge in [0.15, 0.2) is 23.0 Å². The highest BCUT2D eigenvalue weighted by Gasteiger charge is 2.30. The Labute approximate surface area is 190 Å². The SMILES string of the molecule is COc1cc(C2CCC(c3cc(OC)c(OC)c(OC)c3)O2)cc(I)c1OCCO. The topological polar surface area (TPSA) is 75.6 Å². The number of hydrogen-bond donors (Lipinski definition) is 1. The first-order valence-electron chi connectivity index (χ1n) is 9.62. The molecule has 30 heavy (non-hydrogen) atoms. The van der Waals surface area contributed by atoms with Crippen LogP contribution in [0.25, 0.3) is 0 Å². The molecular formula is C22H27IO7. The standard InChI is InChI=1S/C22H27IO7/c1-25-18-10-13(9-15(23)21(18)29-8-7-24)16-5-6-17(30-16)14-11-19(26-2)22(28-4)20(12-14)27-3/h9-12,16-17,24H,5-8H2,1-4H3. The van der Waals surface area contributed by atoms with Gasteiger partial charge in [-0.3, -0.25) is 0 Å². The van der Waals surface area contributed by atoms with Crippen LogP contribution in [0.4, 0.5) is 0 Å². The molecule has 0 spiro atoms. The molecule has 2 atom stereocenters. The van der Waals surface area contributed by atoms with E-state index in [9.17, 15) is 0 Å². The summed E-state index contributed by atoms with van der Waals surface area (Å²) in [5.41, 5.74) is 2.01. The minimum Gasteiger partial charge on any atom is -0.493 e. The molecule has 0 radical (unpaired) electrons. The number of aliphatic hydroxyl groups is 1. The highest BCUT2D eigenvalue weighted by Crippen LogP contribution is 2.47. The maximum absolute atomic E-state index is 9.04. The lowest BCUT2D eigenvalue weighted by Gasteiger charge is -2.19. The van der Waals surface area contributed by atoms with E-state index in [0.717, 1.165) is 27.5 Å². The summed E-state index contributed by atoms with van der Waals surface area (Å²) in [4.78, 5) is 0. The monoisotopic (exact) mass is 530 g/mol. The quantitative estimate of drug-likeness (QED) is 0.485. The number of ether oxygens (including phenoxy) is 6. The number of rotatable bonds is 9. The molecule has 2 aromatic carbocycles. The van der Waals surface area contributed by atoms with E-state index in [1.807, 2.05) is 24.3 Å². The molecule has 3 rings (SSSR count). The summed E-state index contributed by atoms with van der Waals surface area (Å²) in [6, 6.07) is 7.85. The molecule has 0 bridgehead atoms. The van der Waals surface area contributed by atoms with Crippen molar-refractivity contribution in [3.8, 4) is 28.7 Å². The van der Waals surface area contributed by atoms with Gasteiger partial charge >= 0.3 is 0 Å². The van der Waals surface area contributed by atoms with Gasteiger partial charge in [0.05, 0.1) is 50.8 Å². The van der Waals surface area contributed by atoms with Gasteiger partial charge in [0.1, 0.15) is 6.61 Å². The van der Waals surface area contributed by atoms with Gasteiger partial charge in [0.2, 0.25) is 5.75 Å². The first kappa shape index (κ1) is 22.8. The van der Waals surface area contributed by atoms with Crippen molar-refractivity contribution in [1.29, 1.82) is 0 Å². The van der Waals surface area contributed by atoms with Gasteiger partial charge in [0, 0.05) is 0 Å². The van der Waals surface area contributed by atoms with Crippen LogP contribution in [0.5, 0.6) is 28.7 Å². The Kier molecular flexibility index (Phi) is 7.90. The fraction of sp³-hybridized carbons (Fsp3) is 0.455. The molecule has 2 aromatic rings. The van der Waals surface area contributed by atoms with Crippen molar-refractivity contribution in [1.82, 2.24) is 0 Å². The van der Waals surface area contributed by atoms with Crippen LogP contribution in [-0.2, 0) is 4.74 Å². The van der Waals surface area contributed by atoms with Crippen LogP contribution in [-0.4, -0.2) is 46.8 Å². The second kappa shape index (κ2) is 10.4. The van der Waals surface area contributed by atoms with Gasteiger partial charge in [-0.05, 0) is 70.8 Å². The van der Waals surface area contributed by atoms with Crippen LogP contribution in [0, 0.1) is 3.57 Å². The number of aliphatic hydroxyl groups excluding tert-OH is 1. The Morgan fingerprint density at radius 1 is 0.833 bits per heavy atom. The first-order valence-corrected chi connectivity index (χ1v) is 10.7. The van der Waals surface area contributed by atoms with Crippen molar-refractivity contribution in [2.45, 2.75) is 25.0 Å². The summed E-state index contributed by atoms with van der Waals surface area (Å²) in [5.74, 6) is 3.05. The summed E-state index contributed by atoms with van der Waals surface area (Å²) >= 11 is 2.22. The normalized spacial score (nSPS) is 18.2. The van der Waals surface area contributed by atoms with E-state index in [2.05, 4.69) is 22.6 Å². The molecular weight excluding hydrogens is 503 g/mol. The van der Waals surface area contributed by atoms with Crippen LogP contribution in [0.1, 0.15) is 36.2 Å². The fourth-order valence-electron chi connectivity index (χ4n) is 3.63. The molecule has 0 aliphatic carbocycles. The van der Waals surface area contributed by atoms with E-state index < -0.39 is 0 Å². The van der Waals surface area contributed by atoms with Gasteiger partial charge in [-0.2, -0.15) is 0 Å². The highest BCUT2D eigenvalue weighted by atomic mass is 127. The fourth-order valence-corrected chi connectivity index (χ4v) is 4.41. The number of halogens is 1. The van der Waals surface area contributed by atoms with E-state index in [0.29, 0.717) is 28.7 Å². The number of hydrogen-bond acceptors (Lipinski definition) is 7. The molecule has 1 heterocycles. The first-order chi connectivity index (χ1) is 14.6. The molecule has 1 saturated heterocycles. The lowest BCUT2D eigenvalue weighted by molar-refractivity contribution is 0.0436. The van der Waals surface area contributed by atoms with E-state index >= 15 is 0 Å².